The van der Waals surface area contributed by atoms with Gasteiger partial charge in [-0.05, 0) is 43.5 Å². The Hall–Kier alpha value is -2.68. The van der Waals surface area contributed by atoms with E-state index in [1.165, 1.54) is 19.1 Å². The van der Waals surface area contributed by atoms with Gasteiger partial charge in [-0.2, -0.15) is 8.78 Å². The number of ether oxygens (including phenoxy) is 2. The maximum Gasteiger partial charge on any atom is 0.354 e. The molecule has 3 rings (SSSR count). The van der Waals surface area contributed by atoms with Gasteiger partial charge >= 0.3 is 12.6 Å². The number of alkyl halides is 2. The molecule has 0 saturated heterocycles. The molecule has 144 valence electrons. The topological polar surface area (TPSA) is 68.7 Å². The molecule has 0 bridgehead atoms. The van der Waals surface area contributed by atoms with Crippen LogP contribution in [0.1, 0.15) is 29.4 Å². The largest absolute Gasteiger partial charge is 0.477 e. The van der Waals surface area contributed by atoms with E-state index in [9.17, 15) is 27.5 Å². The zero-order valence-corrected chi connectivity index (χ0v) is 14.1. The number of carboxylic acids is 1. The second kappa shape index (κ2) is 7.51. The Bertz CT molecular complexity index is 875. The van der Waals surface area contributed by atoms with E-state index in [4.69, 9.17) is 4.74 Å². The van der Waals surface area contributed by atoms with Crippen molar-refractivity contribution in [2.45, 2.75) is 38.6 Å². The number of hydrogen-bond donors (Lipinski definition) is 1. The first-order valence-corrected chi connectivity index (χ1v) is 8.09. The van der Waals surface area contributed by atoms with Gasteiger partial charge in [0.05, 0.1) is 6.10 Å². The minimum absolute atomic E-state index is 0.00326. The molecule has 5 nitrogen and oxygen atoms in total. The van der Waals surface area contributed by atoms with Crippen molar-refractivity contribution >= 4 is 5.97 Å². The van der Waals surface area contributed by atoms with Crippen LogP contribution in [-0.2, 0) is 11.2 Å². The average molecular weight is 385 g/mol. The number of aromatic nitrogens is 1. The van der Waals surface area contributed by atoms with E-state index < -0.39 is 42.1 Å². The Morgan fingerprint density at radius 3 is 2.67 bits per heavy atom. The Balaban J connectivity index is 2.05. The van der Waals surface area contributed by atoms with Gasteiger partial charge in [-0.1, -0.05) is 0 Å². The molecule has 0 fully saturated rings. The summed E-state index contributed by atoms with van der Waals surface area (Å²) in [6.07, 6.45) is -1.17. The van der Waals surface area contributed by atoms with Crippen LogP contribution in [0.3, 0.4) is 0 Å². The summed E-state index contributed by atoms with van der Waals surface area (Å²) >= 11 is 0. The summed E-state index contributed by atoms with van der Waals surface area (Å²) in [5.74, 6) is -3.10. The van der Waals surface area contributed by atoms with Gasteiger partial charge in [-0.25, -0.2) is 18.6 Å². The van der Waals surface area contributed by atoms with Crippen molar-refractivity contribution in [3.8, 4) is 17.0 Å². The fourth-order valence-corrected chi connectivity index (χ4v) is 3.01. The van der Waals surface area contributed by atoms with Gasteiger partial charge < -0.3 is 14.6 Å². The zero-order valence-electron chi connectivity index (χ0n) is 14.1. The summed E-state index contributed by atoms with van der Waals surface area (Å²) in [7, 11) is 0. The van der Waals surface area contributed by atoms with Gasteiger partial charge in [0.15, 0.2) is 5.69 Å². The fraction of sp³-hybridized carbons (Fsp3) is 0.333. The highest BCUT2D eigenvalue weighted by molar-refractivity contribution is 5.88. The highest BCUT2D eigenvalue weighted by atomic mass is 19.3. The molecule has 1 aromatic carbocycles. The van der Waals surface area contributed by atoms with E-state index in [1.807, 2.05) is 0 Å². The smallest absolute Gasteiger partial charge is 0.354 e. The molecular formula is C18H15F4NO4. The quantitative estimate of drug-likeness (QED) is 0.787. The van der Waals surface area contributed by atoms with Crippen LogP contribution in [0.15, 0.2) is 24.3 Å². The summed E-state index contributed by atoms with van der Waals surface area (Å²) in [6, 6.07) is 4.12. The van der Waals surface area contributed by atoms with Crippen LogP contribution >= 0.6 is 0 Å². The Morgan fingerprint density at radius 1 is 1.30 bits per heavy atom. The minimum Gasteiger partial charge on any atom is -0.477 e. The highest BCUT2D eigenvalue weighted by Gasteiger charge is 2.31. The molecule has 0 spiro atoms. The molecule has 27 heavy (non-hydrogen) atoms. The molecule has 2 aromatic rings. The number of aromatic carboxylic acids is 1. The number of benzene rings is 1. The van der Waals surface area contributed by atoms with E-state index in [0.717, 1.165) is 6.07 Å². The first-order chi connectivity index (χ1) is 12.8. The summed E-state index contributed by atoms with van der Waals surface area (Å²) in [6.45, 7) is -1.57. The van der Waals surface area contributed by atoms with Crippen molar-refractivity contribution in [2.24, 2.45) is 0 Å². The second-order valence-electron chi connectivity index (χ2n) is 6.06. The third-order valence-electron chi connectivity index (χ3n) is 4.31. The number of carbonyl (C=O) groups is 1. The third kappa shape index (κ3) is 4.02. The number of carboxylic acid groups (broad SMARTS) is 1. The van der Waals surface area contributed by atoms with Gasteiger partial charge in [0.2, 0.25) is 5.88 Å². The lowest BCUT2D eigenvalue weighted by atomic mass is 9.93. The third-order valence-corrected chi connectivity index (χ3v) is 4.31. The van der Waals surface area contributed by atoms with Gasteiger partial charge in [-0.3, -0.25) is 0 Å². The molecular weight excluding hydrogens is 370 g/mol. The Labute approximate surface area is 151 Å². The van der Waals surface area contributed by atoms with E-state index in [2.05, 4.69) is 9.72 Å². The standard InChI is InChI=1S/C18H15F4NO4/c1-8(26-18(21)22)15-5-4-11-12(10-3-2-9(19)6-13(10)20)7-14(17(24)25)23-16(11)27-15/h2-3,6-8,15,18H,4-5H2,1H3,(H,24,25)/t8-,15?/m0/s1. The summed E-state index contributed by atoms with van der Waals surface area (Å²) in [5.41, 5.74) is 0.217. The number of halogens is 4. The monoisotopic (exact) mass is 385 g/mol. The summed E-state index contributed by atoms with van der Waals surface area (Å²) in [4.78, 5) is 15.3. The maximum atomic E-state index is 14.2. The first kappa shape index (κ1) is 19.1. The van der Waals surface area contributed by atoms with Crippen LogP contribution < -0.4 is 4.74 Å². The lowest BCUT2D eigenvalue weighted by Gasteiger charge is -2.30. The van der Waals surface area contributed by atoms with Crippen LogP contribution in [0.25, 0.3) is 11.1 Å². The predicted molar refractivity (Wildman–Crippen MR) is 85.8 cm³/mol. The van der Waals surface area contributed by atoms with Crippen LogP contribution in [0.5, 0.6) is 5.88 Å². The van der Waals surface area contributed by atoms with Crippen molar-refractivity contribution in [1.29, 1.82) is 0 Å². The molecule has 9 heteroatoms. The van der Waals surface area contributed by atoms with Crippen LogP contribution in [-0.4, -0.2) is 34.9 Å². The van der Waals surface area contributed by atoms with Crippen LogP contribution in [0.2, 0.25) is 0 Å². The minimum atomic E-state index is -2.98. The fourth-order valence-electron chi connectivity index (χ4n) is 3.01. The van der Waals surface area contributed by atoms with Crippen LogP contribution in [0.4, 0.5) is 17.6 Å². The molecule has 2 atom stereocenters. The van der Waals surface area contributed by atoms with Crippen molar-refractivity contribution in [1.82, 2.24) is 4.98 Å². The SMILES string of the molecule is C[C@H](OC(F)F)C1CCc2c(-c3ccc(F)cc3F)cc(C(=O)O)nc2O1. The first-order valence-electron chi connectivity index (χ1n) is 8.09. The number of hydrogen-bond acceptors (Lipinski definition) is 4. The molecule has 1 aliphatic heterocycles. The number of fused-ring (bicyclic) bond motifs is 1. The molecule has 1 aliphatic rings. The lowest BCUT2D eigenvalue weighted by Crippen LogP contribution is -2.36. The van der Waals surface area contributed by atoms with Crippen molar-refractivity contribution in [3.05, 3.63) is 47.2 Å². The van der Waals surface area contributed by atoms with Crippen molar-refractivity contribution in [3.63, 3.8) is 0 Å². The molecule has 0 saturated carbocycles. The molecule has 1 unspecified atom stereocenters. The molecule has 0 amide bonds. The van der Waals surface area contributed by atoms with E-state index in [-0.39, 0.29) is 29.8 Å². The summed E-state index contributed by atoms with van der Waals surface area (Å²) in [5, 5.41) is 9.27. The van der Waals surface area contributed by atoms with Gasteiger partial charge in [0.25, 0.3) is 0 Å². The Kier molecular flexibility index (Phi) is 5.31. The average Bonchev–Trinajstić information content (AvgIpc) is 2.59. The second-order valence-corrected chi connectivity index (χ2v) is 6.06. The van der Waals surface area contributed by atoms with Gasteiger partial charge in [0.1, 0.15) is 17.7 Å². The molecule has 1 aromatic heterocycles. The van der Waals surface area contributed by atoms with E-state index in [0.29, 0.717) is 11.6 Å². The summed E-state index contributed by atoms with van der Waals surface area (Å²) < 4.78 is 62.3. The Morgan fingerprint density at radius 2 is 2.04 bits per heavy atom. The highest BCUT2D eigenvalue weighted by Crippen LogP contribution is 2.37. The van der Waals surface area contributed by atoms with Crippen molar-refractivity contribution < 1.29 is 36.9 Å². The van der Waals surface area contributed by atoms with Crippen molar-refractivity contribution in [2.75, 3.05) is 0 Å². The van der Waals surface area contributed by atoms with Crippen LogP contribution in [0, 0.1) is 11.6 Å². The maximum absolute atomic E-state index is 14.2. The van der Waals surface area contributed by atoms with Gasteiger partial charge in [-0.15, -0.1) is 0 Å². The normalized spacial score (nSPS) is 17.3. The van der Waals surface area contributed by atoms with E-state index in [1.54, 1.807) is 0 Å². The molecule has 1 N–H and O–H groups in total. The zero-order chi connectivity index (χ0) is 19.7. The lowest BCUT2D eigenvalue weighted by molar-refractivity contribution is -0.180. The number of rotatable bonds is 5. The predicted octanol–water partition coefficient (Wildman–Crippen LogP) is 4.05. The number of pyridine rings is 1. The van der Waals surface area contributed by atoms with Gasteiger partial charge in [0, 0.05) is 17.2 Å². The van der Waals surface area contributed by atoms with E-state index >= 15 is 0 Å². The molecule has 0 aliphatic carbocycles. The molecule has 0 radical (unpaired) electrons. The molecule has 2 heterocycles. The number of nitrogens with zero attached hydrogens (tertiary/aromatic N) is 1.